The van der Waals surface area contributed by atoms with Crippen LogP contribution in [0.25, 0.3) is 0 Å². The Morgan fingerprint density at radius 3 is 1.67 bits per heavy atom. The molecular formula is C12H12Cl2N2O2. The van der Waals surface area contributed by atoms with Gasteiger partial charge in [0.1, 0.15) is 5.41 Å². The fourth-order valence-corrected chi connectivity index (χ4v) is 2.14. The van der Waals surface area contributed by atoms with Gasteiger partial charge in [-0.25, -0.2) is 9.98 Å². The number of rotatable bonds is 0. The maximum absolute atomic E-state index is 11.9. The lowest BCUT2D eigenvalue weighted by atomic mass is 9.67. The van der Waals surface area contributed by atoms with Crippen LogP contribution < -0.4 is 10.7 Å². The van der Waals surface area contributed by atoms with E-state index in [1.165, 1.54) is 0 Å². The summed E-state index contributed by atoms with van der Waals surface area (Å²) < 4.78 is 0. The second kappa shape index (κ2) is 5.16. The topological polar surface area (TPSA) is 58.9 Å². The van der Waals surface area contributed by atoms with Crippen LogP contribution in [0.15, 0.2) is 34.3 Å². The van der Waals surface area contributed by atoms with E-state index in [1.807, 2.05) is 0 Å². The zero-order valence-electron chi connectivity index (χ0n) is 9.46. The van der Waals surface area contributed by atoms with E-state index in [4.69, 9.17) is 0 Å². The predicted octanol–water partition coefficient (Wildman–Crippen LogP) is 1.01. The molecule has 0 saturated heterocycles. The van der Waals surface area contributed by atoms with Crippen molar-refractivity contribution < 1.29 is 9.59 Å². The molecule has 18 heavy (non-hydrogen) atoms. The first kappa shape index (κ1) is 14.8. The molecule has 1 heterocycles. The lowest BCUT2D eigenvalue weighted by Gasteiger charge is -2.34. The Morgan fingerprint density at radius 1 is 0.889 bits per heavy atom. The highest BCUT2D eigenvalue weighted by atomic mass is 35.5. The number of hydrogen-bond acceptors (Lipinski definition) is 2. The van der Waals surface area contributed by atoms with Crippen molar-refractivity contribution in [2.45, 2.75) is 19.3 Å². The first-order valence-corrected chi connectivity index (χ1v) is 5.34. The molecule has 1 aromatic rings. The fourth-order valence-electron chi connectivity index (χ4n) is 2.14. The Hall–Kier alpha value is -1.26. The van der Waals surface area contributed by atoms with Crippen LogP contribution in [0, 0.1) is 5.41 Å². The van der Waals surface area contributed by atoms with Gasteiger partial charge in [0.2, 0.25) is 0 Å². The van der Waals surface area contributed by atoms with Crippen LogP contribution in [0.5, 0.6) is 0 Å². The molecule has 1 aliphatic carbocycles. The molecule has 0 bridgehead atoms. The molecule has 1 spiro atoms. The predicted molar refractivity (Wildman–Crippen MR) is 69.5 cm³/mol. The summed E-state index contributed by atoms with van der Waals surface area (Å²) in [6, 6.07) is 6.99. The van der Waals surface area contributed by atoms with Gasteiger partial charge in [0.05, 0.1) is 10.7 Å². The van der Waals surface area contributed by atoms with Crippen LogP contribution in [-0.4, -0.2) is 11.8 Å². The van der Waals surface area contributed by atoms with Crippen molar-refractivity contribution in [2.75, 3.05) is 0 Å². The molecule has 96 valence electrons. The Labute approximate surface area is 116 Å². The number of para-hydroxylation sites is 2. The highest BCUT2D eigenvalue weighted by Crippen LogP contribution is 2.43. The molecule has 0 N–H and O–H groups in total. The second-order valence-electron chi connectivity index (χ2n) is 4.26. The molecule has 4 nitrogen and oxygen atoms in total. The highest BCUT2D eigenvalue weighted by molar-refractivity contribution is 6.07. The number of carbonyl (C=O) groups excluding carboxylic acids is 2. The zero-order valence-corrected chi connectivity index (χ0v) is 11.1. The third-order valence-electron chi connectivity index (χ3n) is 3.35. The number of hydrogen-bond donors (Lipinski definition) is 0. The van der Waals surface area contributed by atoms with Crippen molar-refractivity contribution in [3.8, 4) is 0 Å². The van der Waals surface area contributed by atoms with E-state index in [9.17, 15) is 9.59 Å². The Bertz CT molecular complexity index is 560. The van der Waals surface area contributed by atoms with E-state index in [2.05, 4.69) is 9.98 Å². The Balaban J connectivity index is 0.000000810. The maximum Gasteiger partial charge on any atom is 0.262 e. The molecule has 0 aromatic heterocycles. The van der Waals surface area contributed by atoms with E-state index >= 15 is 0 Å². The van der Waals surface area contributed by atoms with Crippen molar-refractivity contribution in [3.05, 3.63) is 35.0 Å². The normalized spacial score (nSPS) is 19.1. The third-order valence-corrected chi connectivity index (χ3v) is 3.35. The summed E-state index contributed by atoms with van der Waals surface area (Å²) in [6.45, 7) is 0. The van der Waals surface area contributed by atoms with Gasteiger partial charge < -0.3 is 0 Å². The second-order valence-corrected chi connectivity index (χ2v) is 4.26. The summed E-state index contributed by atoms with van der Waals surface area (Å²) >= 11 is 0. The Kier molecular flexibility index (Phi) is 4.24. The van der Waals surface area contributed by atoms with Gasteiger partial charge in [0.25, 0.3) is 11.8 Å². The number of amides is 2. The van der Waals surface area contributed by atoms with Gasteiger partial charge >= 0.3 is 0 Å². The monoisotopic (exact) mass is 286 g/mol. The van der Waals surface area contributed by atoms with Gasteiger partial charge in [-0.05, 0) is 25.0 Å². The molecule has 1 aromatic carbocycles. The average molecular weight is 287 g/mol. The number of carbonyl (C=O) groups is 2. The number of fused-ring (bicyclic) bond motifs is 1. The van der Waals surface area contributed by atoms with E-state index in [0.717, 1.165) is 6.42 Å². The van der Waals surface area contributed by atoms with Crippen molar-refractivity contribution in [1.82, 2.24) is 0 Å². The van der Waals surface area contributed by atoms with Crippen LogP contribution in [0.3, 0.4) is 0 Å². The largest absolute Gasteiger partial charge is 0.271 e. The molecule has 1 saturated carbocycles. The first-order valence-electron chi connectivity index (χ1n) is 5.34. The van der Waals surface area contributed by atoms with Gasteiger partial charge in [-0.1, -0.05) is 18.6 Å². The molecule has 0 unspecified atom stereocenters. The molecule has 6 heteroatoms. The lowest BCUT2D eigenvalue weighted by molar-refractivity contribution is -0.145. The zero-order chi connectivity index (χ0) is 11.2. The summed E-state index contributed by atoms with van der Waals surface area (Å²) in [5.74, 6) is -0.644. The molecule has 1 aliphatic heterocycles. The van der Waals surface area contributed by atoms with Crippen LogP contribution in [0.2, 0.25) is 0 Å². The Morgan fingerprint density at radius 2 is 1.33 bits per heavy atom. The summed E-state index contributed by atoms with van der Waals surface area (Å²) in [5, 5.41) is 1.01. The van der Waals surface area contributed by atoms with E-state index in [0.29, 0.717) is 23.6 Å². The van der Waals surface area contributed by atoms with E-state index in [1.54, 1.807) is 24.3 Å². The van der Waals surface area contributed by atoms with Crippen LogP contribution in [0.1, 0.15) is 19.3 Å². The fraction of sp³-hybridized carbons (Fsp3) is 0.333. The highest BCUT2D eigenvalue weighted by Gasteiger charge is 2.51. The first-order chi connectivity index (χ1) is 7.72. The van der Waals surface area contributed by atoms with Crippen molar-refractivity contribution in [2.24, 2.45) is 15.4 Å². The number of nitrogens with zero attached hydrogens (tertiary/aromatic N) is 2. The lowest BCUT2D eigenvalue weighted by Crippen LogP contribution is -2.43. The van der Waals surface area contributed by atoms with Crippen LogP contribution in [0.4, 0.5) is 0 Å². The van der Waals surface area contributed by atoms with Crippen LogP contribution >= 0.6 is 24.8 Å². The minimum atomic E-state index is -0.932. The van der Waals surface area contributed by atoms with Gasteiger partial charge in [-0.2, -0.15) is 0 Å². The maximum atomic E-state index is 11.9. The molecular weight excluding hydrogens is 275 g/mol. The minimum Gasteiger partial charge on any atom is -0.271 e. The third kappa shape index (κ3) is 1.95. The van der Waals surface area contributed by atoms with Gasteiger partial charge in [-0.3, -0.25) is 9.59 Å². The van der Waals surface area contributed by atoms with Crippen molar-refractivity contribution in [3.63, 3.8) is 0 Å². The van der Waals surface area contributed by atoms with E-state index in [-0.39, 0.29) is 36.6 Å². The minimum absolute atomic E-state index is 0. The van der Waals surface area contributed by atoms with Crippen LogP contribution in [-0.2, 0) is 9.59 Å². The summed E-state index contributed by atoms with van der Waals surface area (Å²) in [5.41, 5.74) is -0.932. The number of benzene rings is 1. The molecule has 0 radical (unpaired) electrons. The molecule has 0 atom stereocenters. The van der Waals surface area contributed by atoms with Crippen molar-refractivity contribution in [1.29, 1.82) is 0 Å². The quantitative estimate of drug-likeness (QED) is 0.669. The van der Waals surface area contributed by atoms with Gasteiger partial charge in [-0.15, -0.1) is 24.8 Å². The van der Waals surface area contributed by atoms with E-state index < -0.39 is 5.41 Å². The smallest absolute Gasteiger partial charge is 0.262 e. The summed E-state index contributed by atoms with van der Waals surface area (Å²) in [6.07, 6.45) is 2.08. The number of halogens is 2. The van der Waals surface area contributed by atoms with Gasteiger partial charge in [0, 0.05) is 0 Å². The summed E-state index contributed by atoms with van der Waals surface area (Å²) in [4.78, 5) is 31.9. The SMILES string of the molecule is Cl.Cl.O=C1N=c2ccccc2=NC(=O)C12CCC2. The van der Waals surface area contributed by atoms with Crippen molar-refractivity contribution >= 4 is 36.6 Å². The van der Waals surface area contributed by atoms with Gasteiger partial charge in [0.15, 0.2) is 0 Å². The average Bonchev–Trinajstić information content (AvgIpc) is 2.29. The molecule has 2 aliphatic rings. The summed E-state index contributed by atoms with van der Waals surface area (Å²) in [7, 11) is 0. The molecule has 1 fully saturated rings. The molecule has 3 rings (SSSR count). The standard InChI is InChI=1S/C12H10N2O2.2ClH/c15-10-12(6-3-7-12)11(16)14-9-5-2-1-4-8(9)13-10;;/h1-2,4-5H,3,6-7H2;2*1H. The molecule has 2 amide bonds.